The van der Waals surface area contributed by atoms with Gasteiger partial charge in [-0.05, 0) is 48.9 Å². The van der Waals surface area contributed by atoms with Gasteiger partial charge in [0.1, 0.15) is 0 Å². The van der Waals surface area contributed by atoms with Crippen LogP contribution in [-0.2, 0) is 6.42 Å². The molecule has 26 heavy (non-hydrogen) atoms. The van der Waals surface area contributed by atoms with Crippen LogP contribution in [0.15, 0.2) is 54.9 Å². The molecule has 3 aromatic rings. The number of aromatic nitrogens is 2. The summed E-state index contributed by atoms with van der Waals surface area (Å²) in [6, 6.07) is 14.0. The predicted molar refractivity (Wildman–Crippen MR) is 103 cm³/mol. The van der Waals surface area contributed by atoms with Gasteiger partial charge in [0.25, 0.3) is 0 Å². The Balaban J connectivity index is 1.65. The van der Waals surface area contributed by atoms with Crippen LogP contribution in [0.1, 0.15) is 41.7 Å². The summed E-state index contributed by atoms with van der Waals surface area (Å²) in [5.41, 5.74) is 6.05. The highest BCUT2D eigenvalue weighted by Gasteiger charge is 2.45. The summed E-state index contributed by atoms with van der Waals surface area (Å²) in [7, 11) is 0. The number of H-pyrrole nitrogens is 1. The highest BCUT2D eigenvalue weighted by molar-refractivity contribution is 6.07. The Labute approximate surface area is 152 Å². The monoisotopic (exact) mass is 343 g/mol. The van der Waals surface area contributed by atoms with Gasteiger partial charge in [-0.15, -0.1) is 0 Å². The van der Waals surface area contributed by atoms with Crippen LogP contribution in [0.25, 0.3) is 11.3 Å². The molecule has 4 nitrogen and oxygen atoms in total. The van der Waals surface area contributed by atoms with Crippen LogP contribution in [0.2, 0.25) is 0 Å². The Kier molecular flexibility index (Phi) is 3.45. The summed E-state index contributed by atoms with van der Waals surface area (Å²) in [5.74, 6) is 0.265. The number of nitrogens with one attached hydrogen (secondary N) is 2. The lowest BCUT2D eigenvalue weighted by atomic mass is 9.60. The number of carbonyl (C=O) groups is 1. The number of ketones is 1. The van der Waals surface area contributed by atoms with Crippen molar-refractivity contribution in [3.8, 4) is 11.3 Å². The summed E-state index contributed by atoms with van der Waals surface area (Å²) in [6.07, 6.45) is 8.81. The molecular weight excluding hydrogens is 322 g/mol. The molecule has 4 heteroatoms. The van der Waals surface area contributed by atoms with E-state index < -0.39 is 0 Å². The van der Waals surface area contributed by atoms with Crippen molar-refractivity contribution in [2.45, 2.75) is 32.1 Å². The maximum atomic E-state index is 13.1. The molecule has 2 aliphatic rings. The lowest BCUT2D eigenvalue weighted by Crippen LogP contribution is -2.38. The van der Waals surface area contributed by atoms with Crippen molar-refractivity contribution in [1.82, 2.24) is 9.97 Å². The molecule has 1 saturated carbocycles. The van der Waals surface area contributed by atoms with Crippen LogP contribution in [0.5, 0.6) is 0 Å². The molecule has 0 radical (unpaired) electrons. The second kappa shape index (κ2) is 5.84. The fraction of sp³-hybridized carbons (Fsp3) is 0.273. The lowest BCUT2D eigenvalue weighted by molar-refractivity contribution is 0.0709. The minimum atomic E-state index is 0.203. The number of benzene rings is 1. The fourth-order valence-electron chi connectivity index (χ4n) is 4.41. The number of hydrogen-bond acceptors (Lipinski definition) is 3. The van der Waals surface area contributed by atoms with Gasteiger partial charge in [-0.3, -0.25) is 9.78 Å². The average Bonchev–Trinajstić information content (AvgIpc) is 3.00. The number of carbonyl (C=O) groups excluding carboxylic acids is 1. The lowest BCUT2D eigenvalue weighted by Gasteiger charge is -2.44. The third-order valence-electron chi connectivity index (χ3n) is 5.87. The molecule has 2 aliphatic carbocycles. The molecule has 2 aromatic heterocycles. The number of anilines is 2. The number of fused-ring (bicyclic) bond motifs is 1. The Hall–Kier alpha value is -2.88. The molecule has 2 heterocycles. The molecule has 0 aliphatic heterocycles. The molecule has 2 N–H and O–H groups in total. The first-order valence-corrected chi connectivity index (χ1v) is 9.25. The van der Waals surface area contributed by atoms with Gasteiger partial charge < -0.3 is 10.3 Å². The zero-order valence-corrected chi connectivity index (χ0v) is 14.6. The SMILES string of the molecule is O=C1CC2(CCC2)Cc2[nH]c(-c3ccncc3)c(Nc3ccccc3)c21. The number of nitrogens with zero attached hydrogens (tertiary/aromatic N) is 1. The predicted octanol–water partition coefficient (Wildman–Crippen LogP) is 5.12. The van der Waals surface area contributed by atoms with E-state index in [2.05, 4.69) is 15.3 Å². The number of Topliss-reactive ketones (excluding diaryl/α,β-unsaturated/α-hetero) is 1. The highest BCUT2D eigenvalue weighted by atomic mass is 16.1. The van der Waals surface area contributed by atoms with Gasteiger partial charge in [0.05, 0.1) is 16.9 Å². The summed E-state index contributed by atoms with van der Waals surface area (Å²) in [6.45, 7) is 0. The van der Waals surface area contributed by atoms with E-state index >= 15 is 0 Å². The molecular formula is C22H21N3O. The molecule has 0 atom stereocenters. The van der Waals surface area contributed by atoms with Gasteiger partial charge in [0, 0.05) is 35.8 Å². The second-order valence-corrected chi connectivity index (χ2v) is 7.59. The molecule has 0 saturated heterocycles. The summed E-state index contributed by atoms with van der Waals surface area (Å²) in [5, 5.41) is 3.50. The molecule has 130 valence electrons. The van der Waals surface area contributed by atoms with E-state index in [0.717, 1.165) is 40.3 Å². The smallest absolute Gasteiger partial charge is 0.167 e. The minimum absolute atomic E-state index is 0.203. The number of aromatic amines is 1. The normalized spacial score (nSPS) is 17.6. The first kappa shape index (κ1) is 15.4. The fourth-order valence-corrected chi connectivity index (χ4v) is 4.41. The van der Waals surface area contributed by atoms with E-state index in [4.69, 9.17) is 0 Å². The first-order valence-electron chi connectivity index (χ1n) is 9.25. The van der Waals surface area contributed by atoms with E-state index in [1.54, 1.807) is 12.4 Å². The summed E-state index contributed by atoms with van der Waals surface area (Å²) >= 11 is 0. The van der Waals surface area contributed by atoms with Gasteiger partial charge in [0.15, 0.2) is 5.78 Å². The Morgan fingerprint density at radius 3 is 2.46 bits per heavy atom. The van der Waals surface area contributed by atoms with Crippen LogP contribution in [0.3, 0.4) is 0 Å². The van der Waals surface area contributed by atoms with Crippen LogP contribution >= 0.6 is 0 Å². The Bertz CT molecular complexity index is 956. The highest BCUT2D eigenvalue weighted by Crippen LogP contribution is 2.52. The minimum Gasteiger partial charge on any atom is -0.356 e. The number of para-hydroxylation sites is 1. The number of hydrogen-bond donors (Lipinski definition) is 2. The largest absolute Gasteiger partial charge is 0.356 e. The van der Waals surface area contributed by atoms with Crippen LogP contribution in [0, 0.1) is 5.41 Å². The number of rotatable bonds is 3. The van der Waals surface area contributed by atoms with Crippen molar-refractivity contribution in [2.75, 3.05) is 5.32 Å². The molecule has 1 aromatic carbocycles. The Morgan fingerprint density at radius 2 is 1.77 bits per heavy atom. The van der Waals surface area contributed by atoms with Crippen molar-refractivity contribution in [2.24, 2.45) is 5.41 Å². The zero-order chi connectivity index (χ0) is 17.6. The molecule has 1 spiro atoms. The van der Waals surface area contributed by atoms with Crippen molar-refractivity contribution in [3.05, 3.63) is 66.1 Å². The quantitative estimate of drug-likeness (QED) is 0.694. The van der Waals surface area contributed by atoms with Gasteiger partial charge in [-0.25, -0.2) is 0 Å². The van der Waals surface area contributed by atoms with Crippen molar-refractivity contribution in [1.29, 1.82) is 0 Å². The standard InChI is InChI=1S/C22H21N3O/c26-18-14-22(9-4-10-22)13-17-19(18)21(24-16-5-2-1-3-6-16)20(25-17)15-7-11-23-12-8-15/h1-3,5-8,11-12,24-25H,4,9-10,13-14H2. The Morgan fingerprint density at radius 1 is 1.00 bits per heavy atom. The molecule has 1 fully saturated rings. The second-order valence-electron chi connectivity index (χ2n) is 7.59. The topological polar surface area (TPSA) is 57.8 Å². The van der Waals surface area contributed by atoms with E-state index in [1.807, 2.05) is 42.5 Å². The maximum absolute atomic E-state index is 13.1. The van der Waals surface area contributed by atoms with E-state index in [-0.39, 0.29) is 11.2 Å². The van der Waals surface area contributed by atoms with Crippen molar-refractivity contribution in [3.63, 3.8) is 0 Å². The van der Waals surface area contributed by atoms with Crippen LogP contribution in [0.4, 0.5) is 11.4 Å². The van der Waals surface area contributed by atoms with Gasteiger partial charge in [-0.2, -0.15) is 0 Å². The van der Waals surface area contributed by atoms with Crippen LogP contribution in [-0.4, -0.2) is 15.8 Å². The van der Waals surface area contributed by atoms with E-state index in [0.29, 0.717) is 6.42 Å². The van der Waals surface area contributed by atoms with Gasteiger partial charge >= 0.3 is 0 Å². The summed E-state index contributed by atoms with van der Waals surface area (Å²) < 4.78 is 0. The van der Waals surface area contributed by atoms with Gasteiger partial charge in [0.2, 0.25) is 0 Å². The third kappa shape index (κ3) is 2.45. The molecule has 0 amide bonds. The van der Waals surface area contributed by atoms with E-state index in [9.17, 15) is 4.79 Å². The summed E-state index contributed by atoms with van der Waals surface area (Å²) in [4.78, 5) is 20.8. The average molecular weight is 343 g/mol. The van der Waals surface area contributed by atoms with Crippen molar-refractivity contribution >= 4 is 17.2 Å². The maximum Gasteiger partial charge on any atom is 0.167 e. The third-order valence-corrected chi connectivity index (χ3v) is 5.87. The molecule has 0 unspecified atom stereocenters. The van der Waals surface area contributed by atoms with E-state index in [1.165, 1.54) is 19.3 Å². The number of pyridine rings is 1. The van der Waals surface area contributed by atoms with Crippen molar-refractivity contribution < 1.29 is 4.79 Å². The molecule has 0 bridgehead atoms. The zero-order valence-electron chi connectivity index (χ0n) is 14.6. The van der Waals surface area contributed by atoms with Crippen LogP contribution < -0.4 is 5.32 Å². The molecule has 5 rings (SSSR count). The first-order chi connectivity index (χ1) is 12.7. The van der Waals surface area contributed by atoms with Gasteiger partial charge in [-0.1, -0.05) is 24.6 Å².